The second-order valence-electron chi connectivity index (χ2n) is 4.42. The number of rotatable bonds is 4. The van der Waals surface area contributed by atoms with Crippen LogP contribution in [-0.2, 0) is 21.3 Å². The van der Waals surface area contributed by atoms with E-state index in [2.05, 4.69) is 9.97 Å². The SMILES string of the molecule is N#Cc1ccc(Cl)c(CS(=O)(=O)Cc2nc(Cl)ncc2O)c1. The third-order valence-electron chi connectivity index (χ3n) is 2.72. The quantitative estimate of drug-likeness (QED) is 0.842. The summed E-state index contributed by atoms with van der Waals surface area (Å²) < 4.78 is 24.5. The van der Waals surface area contributed by atoms with Gasteiger partial charge in [-0.1, -0.05) is 11.6 Å². The van der Waals surface area contributed by atoms with E-state index in [1.807, 2.05) is 6.07 Å². The van der Waals surface area contributed by atoms with E-state index in [1.165, 1.54) is 18.2 Å². The minimum atomic E-state index is -3.68. The maximum Gasteiger partial charge on any atom is 0.222 e. The predicted octanol–water partition coefficient (Wildman–Crippen LogP) is 2.48. The number of halogens is 2. The second-order valence-corrected chi connectivity index (χ2v) is 7.23. The van der Waals surface area contributed by atoms with Gasteiger partial charge in [-0.3, -0.25) is 0 Å². The molecule has 0 bridgehead atoms. The van der Waals surface area contributed by atoms with Gasteiger partial charge in [0, 0.05) is 5.02 Å². The highest BCUT2D eigenvalue weighted by Crippen LogP contribution is 2.23. The third-order valence-corrected chi connectivity index (χ3v) is 4.74. The first-order chi connectivity index (χ1) is 10.3. The predicted molar refractivity (Wildman–Crippen MR) is 81.2 cm³/mol. The van der Waals surface area contributed by atoms with Gasteiger partial charge in [-0.2, -0.15) is 5.26 Å². The van der Waals surface area contributed by atoms with E-state index in [4.69, 9.17) is 28.5 Å². The van der Waals surface area contributed by atoms with Crippen molar-refractivity contribution in [2.75, 3.05) is 0 Å². The second kappa shape index (κ2) is 6.48. The maximum absolute atomic E-state index is 12.2. The van der Waals surface area contributed by atoms with Crippen LogP contribution in [0.1, 0.15) is 16.8 Å². The van der Waals surface area contributed by atoms with Gasteiger partial charge in [0.1, 0.15) is 5.69 Å². The molecule has 2 aromatic rings. The zero-order chi connectivity index (χ0) is 16.3. The number of hydrogen-bond donors (Lipinski definition) is 1. The van der Waals surface area contributed by atoms with Gasteiger partial charge in [0.25, 0.3) is 0 Å². The van der Waals surface area contributed by atoms with Gasteiger partial charge in [0.15, 0.2) is 15.6 Å². The molecule has 22 heavy (non-hydrogen) atoms. The average Bonchev–Trinajstić information content (AvgIpc) is 2.44. The minimum absolute atomic E-state index is 0.0902. The molecule has 0 radical (unpaired) electrons. The number of benzene rings is 1. The first-order valence-electron chi connectivity index (χ1n) is 5.90. The largest absolute Gasteiger partial charge is 0.504 e. The van der Waals surface area contributed by atoms with E-state index in [1.54, 1.807) is 0 Å². The third kappa shape index (κ3) is 4.07. The van der Waals surface area contributed by atoms with Crippen molar-refractivity contribution < 1.29 is 13.5 Å². The molecule has 0 aliphatic carbocycles. The van der Waals surface area contributed by atoms with Crippen molar-refractivity contribution in [3.63, 3.8) is 0 Å². The van der Waals surface area contributed by atoms with Gasteiger partial charge in [0.05, 0.1) is 29.3 Å². The van der Waals surface area contributed by atoms with E-state index < -0.39 is 15.6 Å². The van der Waals surface area contributed by atoms with Crippen LogP contribution in [0, 0.1) is 11.3 Å². The first-order valence-corrected chi connectivity index (χ1v) is 8.48. The molecule has 114 valence electrons. The summed E-state index contributed by atoms with van der Waals surface area (Å²) in [6.45, 7) is 0. The number of aromatic nitrogens is 2. The highest BCUT2D eigenvalue weighted by atomic mass is 35.5. The van der Waals surface area contributed by atoms with Crippen LogP contribution in [0.3, 0.4) is 0 Å². The lowest BCUT2D eigenvalue weighted by atomic mass is 10.1. The van der Waals surface area contributed by atoms with Crippen molar-refractivity contribution in [2.45, 2.75) is 11.5 Å². The first kappa shape index (κ1) is 16.5. The van der Waals surface area contributed by atoms with Crippen LogP contribution in [0.25, 0.3) is 0 Å². The van der Waals surface area contributed by atoms with Gasteiger partial charge >= 0.3 is 0 Å². The van der Waals surface area contributed by atoms with Crippen LogP contribution in [0.4, 0.5) is 0 Å². The van der Waals surface area contributed by atoms with Crippen molar-refractivity contribution in [1.29, 1.82) is 5.26 Å². The molecule has 9 heteroatoms. The monoisotopic (exact) mass is 357 g/mol. The highest BCUT2D eigenvalue weighted by molar-refractivity contribution is 7.89. The molecule has 1 N–H and O–H groups in total. The van der Waals surface area contributed by atoms with Crippen LogP contribution < -0.4 is 0 Å². The van der Waals surface area contributed by atoms with Crippen molar-refractivity contribution in [1.82, 2.24) is 9.97 Å². The fraction of sp³-hybridized carbons (Fsp3) is 0.154. The number of nitriles is 1. The lowest BCUT2D eigenvalue weighted by Crippen LogP contribution is -2.10. The standard InChI is InChI=1S/C13H9Cl2N3O3S/c14-10-2-1-8(4-16)3-9(10)6-22(20,21)7-11-12(19)5-17-13(15)18-11/h1-3,5,19H,6-7H2. The summed E-state index contributed by atoms with van der Waals surface area (Å²) in [5, 5.41) is 18.5. The Bertz CT molecular complexity index is 863. The molecule has 6 nitrogen and oxygen atoms in total. The summed E-state index contributed by atoms with van der Waals surface area (Å²) in [5.41, 5.74) is 0.524. The van der Waals surface area contributed by atoms with E-state index in [-0.39, 0.29) is 27.5 Å². The van der Waals surface area contributed by atoms with Gasteiger partial charge in [-0.25, -0.2) is 18.4 Å². The Hall–Kier alpha value is -1.88. The fourth-order valence-corrected chi connectivity index (χ4v) is 3.60. The molecule has 0 saturated carbocycles. The van der Waals surface area contributed by atoms with Crippen LogP contribution in [0.15, 0.2) is 24.4 Å². The molecule has 0 aliphatic rings. The van der Waals surface area contributed by atoms with Gasteiger partial charge in [-0.05, 0) is 35.4 Å². The Kier molecular flexibility index (Phi) is 4.86. The van der Waals surface area contributed by atoms with Crippen molar-refractivity contribution >= 4 is 33.0 Å². The maximum atomic E-state index is 12.2. The molecule has 0 saturated heterocycles. The van der Waals surface area contributed by atoms with Crippen LogP contribution in [0.2, 0.25) is 10.3 Å². The van der Waals surface area contributed by atoms with Gasteiger partial charge in [-0.15, -0.1) is 0 Å². The van der Waals surface area contributed by atoms with E-state index in [0.717, 1.165) is 6.20 Å². The van der Waals surface area contributed by atoms with Crippen molar-refractivity contribution in [3.05, 3.63) is 51.5 Å². The summed E-state index contributed by atoms with van der Waals surface area (Å²) in [5.74, 6) is -1.26. The van der Waals surface area contributed by atoms with Crippen LogP contribution in [-0.4, -0.2) is 23.5 Å². The number of sulfone groups is 1. The zero-order valence-corrected chi connectivity index (χ0v) is 13.3. The molecule has 1 aromatic carbocycles. The summed E-state index contributed by atoms with van der Waals surface area (Å²) in [6, 6.07) is 6.28. The topological polar surface area (TPSA) is 104 Å². The molecule has 0 unspecified atom stereocenters. The Balaban J connectivity index is 2.29. The minimum Gasteiger partial charge on any atom is -0.504 e. The van der Waals surface area contributed by atoms with Crippen molar-refractivity contribution in [3.8, 4) is 11.8 Å². The Labute approximate surface area is 136 Å². The molecule has 2 rings (SSSR count). The molecule has 1 aromatic heterocycles. The normalized spacial score (nSPS) is 11.1. The van der Waals surface area contributed by atoms with E-state index >= 15 is 0 Å². The molecule has 0 spiro atoms. The zero-order valence-electron chi connectivity index (χ0n) is 11.0. The average molecular weight is 358 g/mol. The fourth-order valence-electron chi connectivity index (χ4n) is 1.74. The summed E-state index contributed by atoms with van der Waals surface area (Å²) >= 11 is 11.5. The van der Waals surface area contributed by atoms with E-state index in [9.17, 15) is 13.5 Å². The molecule has 0 aliphatic heterocycles. The molecular weight excluding hydrogens is 349 g/mol. The summed E-state index contributed by atoms with van der Waals surface area (Å²) in [6.07, 6.45) is 1.03. The Morgan fingerprint density at radius 1 is 1.27 bits per heavy atom. The molecule has 0 atom stereocenters. The smallest absolute Gasteiger partial charge is 0.222 e. The molecule has 0 fully saturated rings. The van der Waals surface area contributed by atoms with Crippen molar-refractivity contribution in [2.24, 2.45) is 0 Å². The highest BCUT2D eigenvalue weighted by Gasteiger charge is 2.19. The Morgan fingerprint density at radius 2 is 2.00 bits per heavy atom. The number of aromatic hydroxyl groups is 1. The van der Waals surface area contributed by atoms with Crippen LogP contribution in [0.5, 0.6) is 5.75 Å². The molecular formula is C13H9Cl2N3O3S. The van der Waals surface area contributed by atoms with E-state index in [0.29, 0.717) is 11.1 Å². The molecule has 1 heterocycles. The van der Waals surface area contributed by atoms with Crippen LogP contribution >= 0.6 is 23.2 Å². The lowest BCUT2D eigenvalue weighted by molar-refractivity contribution is 0.462. The van der Waals surface area contributed by atoms with Gasteiger partial charge < -0.3 is 5.11 Å². The summed E-state index contributed by atoms with van der Waals surface area (Å²) in [7, 11) is -3.68. The van der Waals surface area contributed by atoms with Gasteiger partial charge in [0.2, 0.25) is 5.28 Å². The lowest BCUT2D eigenvalue weighted by Gasteiger charge is -2.07. The summed E-state index contributed by atoms with van der Waals surface area (Å²) in [4.78, 5) is 7.24. The number of hydrogen-bond acceptors (Lipinski definition) is 6. The Morgan fingerprint density at radius 3 is 2.68 bits per heavy atom. The number of nitrogens with zero attached hydrogens (tertiary/aromatic N) is 3. The molecule has 0 amide bonds.